The minimum Gasteiger partial charge on any atom is -0.351 e. The van der Waals surface area contributed by atoms with Crippen molar-refractivity contribution in [3.05, 3.63) is 0 Å². The van der Waals surface area contributed by atoms with Crippen molar-refractivity contribution < 1.29 is 4.79 Å². The van der Waals surface area contributed by atoms with Gasteiger partial charge in [0.2, 0.25) is 0 Å². The topological polar surface area (TPSA) is 46.3 Å². The molecule has 90 valence electrons. The van der Waals surface area contributed by atoms with E-state index in [0.29, 0.717) is 0 Å². The van der Waals surface area contributed by atoms with Gasteiger partial charge in [0.15, 0.2) is 0 Å². The lowest BCUT2D eigenvalue weighted by Crippen LogP contribution is -2.32. The van der Waals surface area contributed by atoms with Gasteiger partial charge in [0.1, 0.15) is 0 Å². The number of amides is 2. The van der Waals surface area contributed by atoms with Crippen LogP contribution in [0.15, 0.2) is 0 Å². The Kier molecular flexibility index (Phi) is 9.33. The molecule has 3 nitrogen and oxygen atoms in total. The smallest absolute Gasteiger partial charge is 0.314 e. The van der Waals surface area contributed by atoms with Crippen LogP contribution in [0.2, 0.25) is 0 Å². The summed E-state index contributed by atoms with van der Waals surface area (Å²) in [6, 6.07) is -0.321. The number of rotatable bonds is 9. The van der Waals surface area contributed by atoms with Crippen LogP contribution in [0, 0.1) is 0 Å². The second kappa shape index (κ2) is 9.81. The van der Waals surface area contributed by atoms with Gasteiger partial charge < -0.3 is 10.6 Å². The zero-order valence-corrected chi connectivity index (χ0v) is 10.3. The van der Waals surface area contributed by atoms with Crippen LogP contribution in [-0.4, -0.2) is 24.5 Å². The number of unbranched alkanes of at least 4 members (excludes halogenated alkanes) is 7. The highest BCUT2D eigenvalue weighted by Gasteiger charge is 2.00. The van der Waals surface area contributed by atoms with Gasteiger partial charge in [-0.3, -0.25) is 0 Å². The molecule has 0 aromatic rings. The summed E-state index contributed by atoms with van der Waals surface area (Å²) in [6.07, 6.45) is 10.3. The van der Waals surface area contributed by atoms with E-state index < -0.39 is 0 Å². The standard InChI is InChI=1S/C12H26N2O/c1-3-4-5-6-7-8-9-10-11-14(2)12(13)15/h3-11H2,1-2H3,(H2,13,15). The van der Waals surface area contributed by atoms with Gasteiger partial charge in [-0.15, -0.1) is 0 Å². The molecule has 2 amide bonds. The summed E-state index contributed by atoms with van der Waals surface area (Å²) < 4.78 is 0. The number of nitrogens with two attached hydrogens (primary N) is 1. The van der Waals surface area contributed by atoms with E-state index in [1.54, 1.807) is 11.9 Å². The predicted molar refractivity (Wildman–Crippen MR) is 64.8 cm³/mol. The summed E-state index contributed by atoms with van der Waals surface area (Å²) >= 11 is 0. The normalized spacial score (nSPS) is 10.3. The summed E-state index contributed by atoms with van der Waals surface area (Å²) in [4.78, 5) is 12.3. The Balaban J connectivity index is 3.08. The molecule has 0 bridgehead atoms. The van der Waals surface area contributed by atoms with Crippen LogP contribution in [0.1, 0.15) is 58.3 Å². The molecular weight excluding hydrogens is 188 g/mol. The zero-order chi connectivity index (χ0) is 11.5. The van der Waals surface area contributed by atoms with Crippen LogP contribution in [0.3, 0.4) is 0 Å². The highest BCUT2D eigenvalue weighted by molar-refractivity contribution is 5.71. The summed E-state index contributed by atoms with van der Waals surface area (Å²) in [5.74, 6) is 0. The lowest BCUT2D eigenvalue weighted by molar-refractivity contribution is 0.217. The van der Waals surface area contributed by atoms with Crippen molar-refractivity contribution in [3.8, 4) is 0 Å². The second-order valence-electron chi connectivity index (χ2n) is 4.23. The number of carbonyl (C=O) groups is 1. The highest BCUT2D eigenvalue weighted by Crippen LogP contribution is 2.08. The Labute approximate surface area is 94.0 Å². The van der Waals surface area contributed by atoms with Crippen molar-refractivity contribution >= 4 is 6.03 Å². The second-order valence-corrected chi connectivity index (χ2v) is 4.23. The molecule has 15 heavy (non-hydrogen) atoms. The third-order valence-corrected chi connectivity index (χ3v) is 2.72. The van der Waals surface area contributed by atoms with E-state index in [1.165, 1.54) is 44.9 Å². The minimum atomic E-state index is -0.321. The van der Waals surface area contributed by atoms with E-state index in [0.717, 1.165) is 13.0 Å². The van der Waals surface area contributed by atoms with Crippen molar-refractivity contribution in [2.75, 3.05) is 13.6 Å². The highest BCUT2D eigenvalue weighted by atomic mass is 16.2. The molecule has 0 aliphatic heterocycles. The van der Waals surface area contributed by atoms with Gasteiger partial charge >= 0.3 is 6.03 Å². The van der Waals surface area contributed by atoms with Crippen molar-refractivity contribution in [2.24, 2.45) is 5.73 Å². The van der Waals surface area contributed by atoms with Gasteiger partial charge in [-0.2, -0.15) is 0 Å². The van der Waals surface area contributed by atoms with E-state index >= 15 is 0 Å². The molecule has 0 aromatic carbocycles. The van der Waals surface area contributed by atoms with Crippen LogP contribution in [0.4, 0.5) is 4.79 Å². The van der Waals surface area contributed by atoms with E-state index in [-0.39, 0.29) is 6.03 Å². The van der Waals surface area contributed by atoms with E-state index in [4.69, 9.17) is 5.73 Å². The number of primary amides is 1. The molecular formula is C12H26N2O. The number of hydrogen-bond donors (Lipinski definition) is 1. The first kappa shape index (κ1) is 14.3. The van der Waals surface area contributed by atoms with Crippen molar-refractivity contribution in [3.63, 3.8) is 0 Å². The number of nitrogens with zero attached hydrogens (tertiary/aromatic N) is 1. The fraction of sp³-hybridized carbons (Fsp3) is 0.917. The van der Waals surface area contributed by atoms with Gasteiger partial charge in [-0.25, -0.2) is 4.79 Å². The minimum absolute atomic E-state index is 0.321. The summed E-state index contributed by atoms with van der Waals surface area (Å²) in [5.41, 5.74) is 5.12. The van der Waals surface area contributed by atoms with Gasteiger partial charge in [0.05, 0.1) is 0 Å². The molecule has 3 heteroatoms. The number of carbonyl (C=O) groups excluding carboxylic acids is 1. The number of urea groups is 1. The summed E-state index contributed by atoms with van der Waals surface area (Å²) in [6.45, 7) is 3.03. The first-order valence-electron chi connectivity index (χ1n) is 6.19. The van der Waals surface area contributed by atoms with Gasteiger partial charge in [-0.1, -0.05) is 51.9 Å². The first-order chi connectivity index (χ1) is 7.18. The Morgan fingerprint density at radius 3 is 1.93 bits per heavy atom. The van der Waals surface area contributed by atoms with E-state index in [2.05, 4.69) is 6.92 Å². The van der Waals surface area contributed by atoms with Crippen LogP contribution >= 0.6 is 0 Å². The molecule has 0 aliphatic rings. The van der Waals surface area contributed by atoms with Crippen LogP contribution < -0.4 is 5.73 Å². The third-order valence-electron chi connectivity index (χ3n) is 2.72. The third kappa shape index (κ3) is 9.57. The van der Waals surface area contributed by atoms with Gasteiger partial charge in [-0.05, 0) is 6.42 Å². The zero-order valence-electron chi connectivity index (χ0n) is 10.3. The number of hydrogen-bond acceptors (Lipinski definition) is 1. The van der Waals surface area contributed by atoms with Crippen LogP contribution in [0.25, 0.3) is 0 Å². The lowest BCUT2D eigenvalue weighted by Gasteiger charge is -2.13. The lowest BCUT2D eigenvalue weighted by atomic mass is 10.1. The Hall–Kier alpha value is -0.730. The molecule has 0 heterocycles. The summed E-state index contributed by atoms with van der Waals surface area (Å²) in [5, 5.41) is 0. The predicted octanol–water partition coefficient (Wildman–Crippen LogP) is 3.14. The SMILES string of the molecule is CCCCCCCCCCN(C)C(N)=O. The first-order valence-corrected chi connectivity index (χ1v) is 6.19. The van der Waals surface area contributed by atoms with Gasteiger partial charge in [0, 0.05) is 13.6 Å². The molecule has 0 saturated heterocycles. The van der Waals surface area contributed by atoms with Crippen molar-refractivity contribution in [1.29, 1.82) is 0 Å². The van der Waals surface area contributed by atoms with E-state index in [9.17, 15) is 4.79 Å². The average Bonchev–Trinajstić information content (AvgIpc) is 2.21. The molecule has 2 N–H and O–H groups in total. The molecule has 0 atom stereocenters. The maximum Gasteiger partial charge on any atom is 0.314 e. The molecule has 0 rings (SSSR count). The van der Waals surface area contributed by atoms with Gasteiger partial charge in [0.25, 0.3) is 0 Å². The fourth-order valence-electron chi connectivity index (χ4n) is 1.59. The molecule has 0 aromatic heterocycles. The molecule has 0 spiro atoms. The maximum atomic E-state index is 10.7. The van der Waals surface area contributed by atoms with Crippen molar-refractivity contribution in [2.45, 2.75) is 58.3 Å². The molecule has 0 aliphatic carbocycles. The molecule has 0 saturated carbocycles. The Morgan fingerprint density at radius 2 is 1.47 bits per heavy atom. The largest absolute Gasteiger partial charge is 0.351 e. The maximum absolute atomic E-state index is 10.7. The Bertz CT molecular complexity index is 160. The molecule has 0 radical (unpaired) electrons. The van der Waals surface area contributed by atoms with Crippen LogP contribution in [-0.2, 0) is 0 Å². The molecule has 0 fully saturated rings. The summed E-state index contributed by atoms with van der Waals surface area (Å²) in [7, 11) is 1.75. The quantitative estimate of drug-likeness (QED) is 0.589. The van der Waals surface area contributed by atoms with Crippen molar-refractivity contribution in [1.82, 2.24) is 4.90 Å². The van der Waals surface area contributed by atoms with E-state index in [1.807, 2.05) is 0 Å². The average molecular weight is 214 g/mol. The fourth-order valence-corrected chi connectivity index (χ4v) is 1.59. The van der Waals surface area contributed by atoms with Crippen LogP contribution in [0.5, 0.6) is 0 Å². The monoisotopic (exact) mass is 214 g/mol. The molecule has 0 unspecified atom stereocenters. The Morgan fingerprint density at radius 1 is 1.00 bits per heavy atom.